The van der Waals surface area contributed by atoms with Crippen LogP contribution in [0.1, 0.15) is 0 Å². The number of aromatic nitrogens is 1. The fraction of sp³-hybridized carbons (Fsp3) is 0.150. The summed E-state index contributed by atoms with van der Waals surface area (Å²) in [6.45, 7) is 0. The number of hydrogen-bond acceptors (Lipinski definition) is 4. The lowest BCUT2D eigenvalue weighted by molar-refractivity contribution is 0.386. The number of nitrogens with zero attached hydrogens (tertiary/aromatic N) is 2. The second-order valence-electron chi connectivity index (χ2n) is 5.58. The highest BCUT2D eigenvalue weighted by Gasteiger charge is 2.14. The zero-order valence-electron chi connectivity index (χ0n) is 14.7. The molecule has 6 heteroatoms. The van der Waals surface area contributed by atoms with Gasteiger partial charge in [-0.05, 0) is 36.4 Å². The molecule has 0 aliphatic heterocycles. The highest BCUT2D eigenvalue weighted by atomic mass is 19.1. The Labute approximate surface area is 150 Å². The predicted molar refractivity (Wildman–Crippen MR) is 97.2 cm³/mol. The number of benzene rings is 2. The maximum Gasteiger partial charge on any atom is 0.174 e. The Kier molecular flexibility index (Phi) is 5.02. The zero-order chi connectivity index (χ0) is 18.7. The van der Waals surface area contributed by atoms with Gasteiger partial charge in [-0.3, -0.25) is 0 Å². The van der Waals surface area contributed by atoms with Crippen LogP contribution in [-0.2, 0) is 0 Å². The molecule has 3 aromatic rings. The molecule has 1 aromatic heterocycles. The Bertz CT molecular complexity index is 931. The van der Waals surface area contributed by atoms with Crippen molar-refractivity contribution in [2.45, 2.75) is 0 Å². The van der Waals surface area contributed by atoms with Gasteiger partial charge in [-0.15, -0.1) is 0 Å². The Morgan fingerprint density at radius 3 is 2.35 bits per heavy atom. The number of methoxy groups -OCH3 is 2. The van der Waals surface area contributed by atoms with Gasteiger partial charge in [0.15, 0.2) is 23.1 Å². The summed E-state index contributed by atoms with van der Waals surface area (Å²) in [5.41, 5.74) is 1.51. The van der Waals surface area contributed by atoms with Crippen LogP contribution in [0.4, 0.5) is 20.3 Å². The molecule has 26 heavy (non-hydrogen) atoms. The standard InChI is InChI=1S/C20H18F2N2O2/c1-24(13-10-11-15(21)18(12-13)26-3)19-9-5-7-16(23-19)14-6-4-8-17(25-2)20(14)22/h4-12H,1-3H3. The first-order valence-electron chi connectivity index (χ1n) is 7.92. The van der Waals surface area contributed by atoms with Crippen LogP contribution < -0.4 is 14.4 Å². The largest absolute Gasteiger partial charge is 0.494 e. The van der Waals surface area contributed by atoms with E-state index >= 15 is 0 Å². The molecule has 0 saturated heterocycles. The van der Waals surface area contributed by atoms with Crippen LogP contribution in [0.5, 0.6) is 11.5 Å². The minimum Gasteiger partial charge on any atom is -0.494 e. The van der Waals surface area contributed by atoms with Gasteiger partial charge < -0.3 is 14.4 Å². The van der Waals surface area contributed by atoms with Gasteiger partial charge in [-0.25, -0.2) is 13.8 Å². The van der Waals surface area contributed by atoms with E-state index < -0.39 is 11.6 Å². The molecule has 1 heterocycles. The smallest absolute Gasteiger partial charge is 0.174 e. The van der Waals surface area contributed by atoms with Gasteiger partial charge in [-0.1, -0.05) is 12.1 Å². The van der Waals surface area contributed by atoms with Gasteiger partial charge in [-0.2, -0.15) is 0 Å². The SMILES string of the molecule is COc1cc(N(C)c2cccc(-c3cccc(OC)c3F)n2)ccc1F. The number of halogens is 2. The second kappa shape index (κ2) is 7.39. The number of pyridine rings is 1. The van der Waals surface area contributed by atoms with Crippen LogP contribution in [0, 0.1) is 11.6 Å². The van der Waals surface area contributed by atoms with Crippen molar-refractivity contribution < 1.29 is 18.3 Å². The van der Waals surface area contributed by atoms with Crippen molar-refractivity contribution in [1.29, 1.82) is 0 Å². The maximum absolute atomic E-state index is 14.5. The molecule has 0 unspecified atom stereocenters. The van der Waals surface area contributed by atoms with Gasteiger partial charge in [0, 0.05) is 24.4 Å². The van der Waals surface area contributed by atoms with Gasteiger partial charge >= 0.3 is 0 Å². The van der Waals surface area contributed by atoms with E-state index in [4.69, 9.17) is 9.47 Å². The third-order valence-corrected chi connectivity index (χ3v) is 4.06. The number of hydrogen-bond donors (Lipinski definition) is 0. The number of rotatable bonds is 5. The Balaban J connectivity index is 2.00. The minimum atomic E-state index is -0.467. The molecule has 0 amide bonds. The van der Waals surface area contributed by atoms with Gasteiger partial charge in [0.25, 0.3) is 0 Å². The predicted octanol–water partition coefficient (Wildman–Crippen LogP) is 4.81. The Morgan fingerprint density at radius 1 is 0.885 bits per heavy atom. The first kappa shape index (κ1) is 17.7. The Hall–Kier alpha value is -3.15. The van der Waals surface area contributed by atoms with Crippen molar-refractivity contribution in [3.63, 3.8) is 0 Å². The van der Waals surface area contributed by atoms with Crippen molar-refractivity contribution in [2.75, 3.05) is 26.2 Å². The van der Waals surface area contributed by atoms with Crippen molar-refractivity contribution >= 4 is 11.5 Å². The summed E-state index contributed by atoms with van der Waals surface area (Å²) in [4.78, 5) is 6.30. The third kappa shape index (κ3) is 3.31. The molecule has 0 atom stereocenters. The number of anilines is 2. The van der Waals surface area contributed by atoms with Gasteiger partial charge in [0.1, 0.15) is 5.82 Å². The first-order valence-corrected chi connectivity index (χ1v) is 7.92. The molecule has 4 nitrogen and oxygen atoms in total. The van der Waals surface area contributed by atoms with Crippen LogP contribution in [-0.4, -0.2) is 26.3 Å². The summed E-state index contributed by atoms with van der Waals surface area (Å²) in [6, 6.07) is 14.7. The van der Waals surface area contributed by atoms with E-state index in [9.17, 15) is 8.78 Å². The molecule has 0 radical (unpaired) electrons. The van der Waals surface area contributed by atoms with E-state index in [1.54, 1.807) is 60.5 Å². The summed E-state index contributed by atoms with van der Waals surface area (Å²) in [6.07, 6.45) is 0. The van der Waals surface area contributed by atoms with Crippen molar-refractivity contribution in [1.82, 2.24) is 4.98 Å². The molecule has 0 spiro atoms. The second-order valence-corrected chi connectivity index (χ2v) is 5.58. The summed E-state index contributed by atoms with van der Waals surface area (Å²) in [5.74, 6) is -0.0235. The molecule has 0 bridgehead atoms. The Morgan fingerprint density at radius 2 is 1.62 bits per heavy atom. The highest BCUT2D eigenvalue weighted by Crippen LogP contribution is 2.31. The topological polar surface area (TPSA) is 34.6 Å². The molecule has 134 valence electrons. The fourth-order valence-electron chi connectivity index (χ4n) is 2.62. The average Bonchev–Trinajstić information content (AvgIpc) is 2.68. The summed E-state index contributed by atoms with van der Waals surface area (Å²) in [7, 11) is 4.62. The van der Waals surface area contributed by atoms with Gasteiger partial charge in [0.2, 0.25) is 0 Å². The summed E-state index contributed by atoms with van der Waals surface area (Å²) in [5, 5.41) is 0. The molecule has 0 N–H and O–H groups in total. The van der Waals surface area contributed by atoms with Crippen LogP contribution in [0.15, 0.2) is 54.6 Å². The van der Waals surface area contributed by atoms with Crippen LogP contribution in [0.25, 0.3) is 11.3 Å². The van der Waals surface area contributed by atoms with E-state index in [1.807, 2.05) is 0 Å². The van der Waals surface area contributed by atoms with E-state index in [1.165, 1.54) is 20.3 Å². The highest BCUT2D eigenvalue weighted by molar-refractivity contribution is 5.67. The molecular formula is C20H18F2N2O2. The average molecular weight is 356 g/mol. The van der Waals surface area contributed by atoms with Crippen LogP contribution in [0.3, 0.4) is 0 Å². The monoisotopic (exact) mass is 356 g/mol. The molecule has 3 rings (SSSR count). The number of ether oxygens (including phenoxy) is 2. The van der Waals surface area contributed by atoms with E-state index in [0.717, 1.165) is 0 Å². The molecule has 2 aromatic carbocycles. The molecule has 0 aliphatic rings. The van der Waals surface area contributed by atoms with E-state index in [-0.39, 0.29) is 11.5 Å². The van der Waals surface area contributed by atoms with E-state index in [2.05, 4.69) is 4.98 Å². The fourth-order valence-corrected chi connectivity index (χ4v) is 2.62. The lowest BCUT2D eigenvalue weighted by Gasteiger charge is -2.20. The molecule has 0 fully saturated rings. The molecular weight excluding hydrogens is 338 g/mol. The van der Waals surface area contributed by atoms with Crippen molar-refractivity contribution in [3.05, 3.63) is 66.2 Å². The van der Waals surface area contributed by atoms with Crippen molar-refractivity contribution in [3.8, 4) is 22.8 Å². The van der Waals surface area contributed by atoms with Crippen LogP contribution >= 0.6 is 0 Å². The van der Waals surface area contributed by atoms with Crippen molar-refractivity contribution in [2.24, 2.45) is 0 Å². The quantitative estimate of drug-likeness (QED) is 0.657. The lowest BCUT2D eigenvalue weighted by Crippen LogP contribution is -2.11. The van der Waals surface area contributed by atoms with Crippen LogP contribution in [0.2, 0.25) is 0 Å². The third-order valence-electron chi connectivity index (χ3n) is 4.06. The zero-order valence-corrected chi connectivity index (χ0v) is 14.7. The lowest BCUT2D eigenvalue weighted by atomic mass is 10.1. The normalized spacial score (nSPS) is 10.5. The summed E-state index contributed by atoms with van der Waals surface area (Å²) >= 11 is 0. The first-order chi connectivity index (χ1) is 12.5. The minimum absolute atomic E-state index is 0.143. The maximum atomic E-state index is 14.5. The molecule has 0 saturated carbocycles. The molecule has 0 aliphatic carbocycles. The van der Waals surface area contributed by atoms with E-state index in [0.29, 0.717) is 22.8 Å². The summed E-state index contributed by atoms with van der Waals surface area (Å²) < 4.78 is 38.2. The van der Waals surface area contributed by atoms with Gasteiger partial charge in [0.05, 0.1) is 19.9 Å².